The van der Waals surface area contributed by atoms with E-state index in [1.165, 1.54) is 0 Å². The van der Waals surface area contributed by atoms with Crippen LogP contribution in [0.1, 0.15) is 23.4 Å². The summed E-state index contributed by atoms with van der Waals surface area (Å²) in [5, 5.41) is 13.4. The molecule has 0 fully saturated rings. The van der Waals surface area contributed by atoms with E-state index in [-0.39, 0.29) is 0 Å². The van der Waals surface area contributed by atoms with Gasteiger partial charge in [-0.05, 0) is 20.4 Å². The molecule has 0 aliphatic rings. The Morgan fingerprint density at radius 1 is 1.43 bits per heavy atom. The molecule has 0 aliphatic heterocycles. The van der Waals surface area contributed by atoms with Crippen LogP contribution >= 0.6 is 11.3 Å². The molecule has 1 rings (SSSR count). The molecule has 1 aromatic rings. The van der Waals surface area contributed by atoms with Gasteiger partial charge in [-0.3, -0.25) is 0 Å². The molecule has 1 N–H and O–H groups in total. The predicted molar refractivity (Wildman–Crippen MR) is 57.5 cm³/mol. The third-order valence-corrected chi connectivity index (χ3v) is 2.99. The minimum Gasteiger partial charge on any atom is -0.382 e. The van der Waals surface area contributed by atoms with Gasteiger partial charge in [0.2, 0.25) is 0 Å². The normalized spacial score (nSPS) is 13.1. The maximum Gasteiger partial charge on any atom is 0.131 e. The molecule has 14 heavy (non-hydrogen) atoms. The Hall–Kier alpha value is -0.520. The second kappa shape index (κ2) is 6.06. The van der Waals surface area contributed by atoms with Crippen molar-refractivity contribution in [2.24, 2.45) is 0 Å². The highest BCUT2D eigenvalue weighted by Crippen LogP contribution is 2.12. The summed E-state index contributed by atoms with van der Waals surface area (Å²) in [5.74, 6) is 0. The number of rotatable bonds is 6. The van der Waals surface area contributed by atoms with Crippen molar-refractivity contribution < 1.29 is 4.74 Å². The lowest BCUT2D eigenvalue weighted by Gasteiger charge is -2.06. The second-order valence-electron chi connectivity index (χ2n) is 3.20. The Labute approximate surface area is 88.7 Å². The Bertz CT molecular complexity index is 264. The number of aryl methyl sites for hydroxylation is 1. The number of hydrogen-bond acceptors (Lipinski definition) is 5. The van der Waals surface area contributed by atoms with Gasteiger partial charge in [-0.25, -0.2) is 0 Å². The predicted octanol–water partition coefficient (Wildman–Crippen LogP) is 1.22. The summed E-state index contributed by atoms with van der Waals surface area (Å²) >= 11 is 1.67. The molecule has 0 saturated carbocycles. The highest BCUT2D eigenvalue weighted by Gasteiger charge is 2.05. The van der Waals surface area contributed by atoms with E-state index < -0.39 is 0 Å². The van der Waals surface area contributed by atoms with Crippen LogP contribution in [-0.4, -0.2) is 30.5 Å². The standard InChI is InChI=1S/C9H17N3OS/c1-7(13-3)4-5-8-11-12-9(14-8)6-10-2/h7,10H,4-6H2,1-3H3. The highest BCUT2D eigenvalue weighted by atomic mass is 32.1. The number of aromatic nitrogens is 2. The first-order valence-corrected chi connectivity index (χ1v) is 5.56. The fourth-order valence-corrected chi connectivity index (χ4v) is 1.93. The second-order valence-corrected chi connectivity index (χ2v) is 4.35. The van der Waals surface area contributed by atoms with E-state index in [2.05, 4.69) is 22.4 Å². The first-order chi connectivity index (χ1) is 6.76. The van der Waals surface area contributed by atoms with Crippen molar-refractivity contribution in [2.75, 3.05) is 14.2 Å². The minimum atomic E-state index is 0.298. The van der Waals surface area contributed by atoms with Gasteiger partial charge in [-0.15, -0.1) is 21.5 Å². The molecule has 0 bridgehead atoms. The summed E-state index contributed by atoms with van der Waals surface area (Å²) in [5.41, 5.74) is 0. The van der Waals surface area contributed by atoms with E-state index in [0.29, 0.717) is 6.10 Å². The van der Waals surface area contributed by atoms with Gasteiger partial charge < -0.3 is 10.1 Å². The van der Waals surface area contributed by atoms with Gasteiger partial charge in [0, 0.05) is 20.1 Å². The van der Waals surface area contributed by atoms with Crippen LogP contribution in [0, 0.1) is 0 Å². The van der Waals surface area contributed by atoms with Crippen LogP contribution < -0.4 is 5.32 Å². The molecular formula is C9H17N3OS. The van der Waals surface area contributed by atoms with Gasteiger partial charge in [0.15, 0.2) is 0 Å². The van der Waals surface area contributed by atoms with E-state index in [0.717, 1.165) is 29.4 Å². The van der Waals surface area contributed by atoms with Crippen molar-refractivity contribution in [3.8, 4) is 0 Å². The minimum absolute atomic E-state index is 0.298. The number of ether oxygens (including phenoxy) is 1. The number of methoxy groups -OCH3 is 1. The van der Waals surface area contributed by atoms with Crippen LogP contribution in [0.3, 0.4) is 0 Å². The number of nitrogens with zero attached hydrogens (tertiary/aromatic N) is 2. The Morgan fingerprint density at radius 2 is 2.14 bits per heavy atom. The SMILES string of the molecule is CNCc1nnc(CCC(C)OC)s1. The molecule has 0 aromatic carbocycles. The summed E-state index contributed by atoms with van der Waals surface area (Å²) in [7, 11) is 3.64. The van der Waals surface area contributed by atoms with Crippen LogP contribution in [0.4, 0.5) is 0 Å². The molecule has 4 nitrogen and oxygen atoms in total. The van der Waals surface area contributed by atoms with Crippen LogP contribution in [-0.2, 0) is 17.7 Å². The van der Waals surface area contributed by atoms with Gasteiger partial charge in [0.05, 0.1) is 6.10 Å². The van der Waals surface area contributed by atoms with E-state index in [9.17, 15) is 0 Å². The Kier molecular flexibility index (Phi) is 5.00. The lowest BCUT2D eigenvalue weighted by Crippen LogP contribution is -2.05. The van der Waals surface area contributed by atoms with Crippen molar-refractivity contribution in [1.29, 1.82) is 0 Å². The molecule has 1 aromatic heterocycles. The van der Waals surface area contributed by atoms with Crippen LogP contribution in [0.25, 0.3) is 0 Å². The molecule has 1 atom stereocenters. The van der Waals surface area contributed by atoms with Crippen molar-refractivity contribution in [3.63, 3.8) is 0 Å². The van der Waals surface area contributed by atoms with E-state index in [1.807, 2.05) is 7.05 Å². The molecule has 0 spiro atoms. The summed E-state index contributed by atoms with van der Waals surface area (Å²) in [6.45, 7) is 2.87. The van der Waals surface area contributed by atoms with Crippen molar-refractivity contribution in [1.82, 2.24) is 15.5 Å². The average molecular weight is 215 g/mol. The van der Waals surface area contributed by atoms with Gasteiger partial charge in [-0.1, -0.05) is 0 Å². The van der Waals surface area contributed by atoms with Gasteiger partial charge >= 0.3 is 0 Å². The molecule has 1 heterocycles. The summed E-state index contributed by atoms with van der Waals surface area (Å²) in [4.78, 5) is 0. The maximum absolute atomic E-state index is 5.17. The van der Waals surface area contributed by atoms with Crippen LogP contribution in [0.2, 0.25) is 0 Å². The van der Waals surface area contributed by atoms with Gasteiger partial charge in [0.25, 0.3) is 0 Å². The van der Waals surface area contributed by atoms with Crippen molar-refractivity contribution in [3.05, 3.63) is 10.0 Å². The fraction of sp³-hybridized carbons (Fsp3) is 0.778. The molecule has 0 aliphatic carbocycles. The molecule has 0 amide bonds. The summed E-state index contributed by atoms with van der Waals surface area (Å²) in [6.07, 6.45) is 2.26. The molecule has 80 valence electrons. The monoisotopic (exact) mass is 215 g/mol. The molecular weight excluding hydrogens is 198 g/mol. The van der Waals surface area contributed by atoms with Crippen LogP contribution in [0.15, 0.2) is 0 Å². The Balaban J connectivity index is 2.35. The fourth-order valence-electron chi connectivity index (χ4n) is 1.06. The number of hydrogen-bond donors (Lipinski definition) is 1. The maximum atomic E-state index is 5.17. The Morgan fingerprint density at radius 3 is 2.79 bits per heavy atom. The third kappa shape index (κ3) is 3.69. The molecule has 0 saturated heterocycles. The van der Waals surface area contributed by atoms with Crippen molar-refractivity contribution in [2.45, 2.75) is 32.4 Å². The summed E-state index contributed by atoms with van der Waals surface area (Å²) < 4.78 is 5.17. The smallest absolute Gasteiger partial charge is 0.131 e. The molecule has 0 radical (unpaired) electrons. The first-order valence-electron chi connectivity index (χ1n) is 4.75. The number of nitrogens with one attached hydrogen (secondary N) is 1. The largest absolute Gasteiger partial charge is 0.382 e. The zero-order valence-corrected chi connectivity index (χ0v) is 9.73. The first kappa shape index (κ1) is 11.6. The van der Waals surface area contributed by atoms with E-state index in [4.69, 9.17) is 4.74 Å². The van der Waals surface area contributed by atoms with E-state index >= 15 is 0 Å². The molecule has 5 heteroatoms. The lowest BCUT2D eigenvalue weighted by atomic mass is 10.2. The quantitative estimate of drug-likeness (QED) is 0.775. The average Bonchev–Trinajstić information content (AvgIpc) is 2.63. The topological polar surface area (TPSA) is 47.0 Å². The molecule has 1 unspecified atom stereocenters. The third-order valence-electron chi connectivity index (χ3n) is 2.00. The highest BCUT2D eigenvalue weighted by molar-refractivity contribution is 7.11. The zero-order valence-electron chi connectivity index (χ0n) is 8.91. The van der Waals surface area contributed by atoms with Crippen molar-refractivity contribution >= 4 is 11.3 Å². The van der Waals surface area contributed by atoms with Gasteiger partial charge in [-0.2, -0.15) is 0 Å². The van der Waals surface area contributed by atoms with Gasteiger partial charge in [0.1, 0.15) is 10.0 Å². The van der Waals surface area contributed by atoms with Crippen LogP contribution in [0.5, 0.6) is 0 Å². The lowest BCUT2D eigenvalue weighted by molar-refractivity contribution is 0.111. The zero-order chi connectivity index (χ0) is 10.4. The summed E-state index contributed by atoms with van der Waals surface area (Å²) in [6, 6.07) is 0. The van der Waals surface area contributed by atoms with E-state index in [1.54, 1.807) is 18.4 Å².